The van der Waals surface area contributed by atoms with E-state index in [-0.39, 0.29) is 4.75 Å². The Morgan fingerprint density at radius 2 is 1.85 bits per heavy atom. The fourth-order valence-corrected chi connectivity index (χ4v) is 4.06. The maximum absolute atomic E-state index is 6.16. The van der Waals surface area contributed by atoms with Crippen molar-refractivity contribution in [3.05, 3.63) is 36.2 Å². The summed E-state index contributed by atoms with van der Waals surface area (Å²) in [6, 6.07) is 5.97. The van der Waals surface area contributed by atoms with Gasteiger partial charge in [0, 0.05) is 22.6 Å². The van der Waals surface area contributed by atoms with Gasteiger partial charge in [-0.3, -0.25) is 4.40 Å². The minimum atomic E-state index is 0.0723. The van der Waals surface area contributed by atoms with E-state index in [9.17, 15) is 0 Å². The van der Waals surface area contributed by atoms with E-state index in [0.29, 0.717) is 11.4 Å². The zero-order valence-corrected chi connectivity index (χ0v) is 16.9. The molecule has 0 spiro atoms. The molecule has 3 rings (SSSR count). The minimum Gasteiger partial charge on any atom is -0.495 e. The van der Waals surface area contributed by atoms with Crippen molar-refractivity contribution in [2.45, 2.75) is 37.3 Å². The minimum absolute atomic E-state index is 0.0723. The van der Waals surface area contributed by atoms with Crippen LogP contribution in [0.5, 0.6) is 11.5 Å². The van der Waals surface area contributed by atoms with Gasteiger partial charge in [0.2, 0.25) is 0 Å². The quantitative estimate of drug-likeness (QED) is 0.527. The van der Waals surface area contributed by atoms with Crippen LogP contribution < -0.4 is 15.2 Å². The predicted molar refractivity (Wildman–Crippen MR) is 108 cm³/mol. The molecule has 3 aromatic rings. The van der Waals surface area contributed by atoms with Crippen molar-refractivity contribution in [2.75, 3.05) is 20.0 Å². The standard InChI is InChI=1S/C20H25N3O2S/c1-12-7-13(8-14(21)19(12)25-6)15-10-22-18-9-16(24-5)17(11-23(15)18)26-20(2,3)4/h7-11H,21H2,1-6H3. The summed E-state index contributed by atoms with van der Waals surface area (Å²) >= 11 is 1.77. The Hall–Kier alpha value is -2.34. The second-order valence-corrected chi connectivity index (χ2v) is 9.08. The van der Waals surface area contributed by atoms with Crippen LogP contribution in [0.2, 0.25) is 0 Å². The molecule has 0 aliphatic heterocycles. The Labute approximate surface area is 158 Å². The van der Waals surface area contributed by atoms with Crippen molar-refractivity contribution in [3.63, 3.8) is 0 Å². The topological polar surface area (TPSA) is 61.8 Å². The number of hydrogen-bond acceptors (Lipinski definition) is 5. The van der Waals surface area contributed by atoms with Crippen molar-refractivity contribution in [3.8, 4) is 22.8 Å². The predicted octanol–water partition coefficient (Wildman–Crippen LogP) is 4.80. The number of hydrogen-bond donors (Lipinski definition) is 1. The number of fused-ring (bicyclic) bond motifs is 1. The zero-order chi connectivity index (χ0) is 19.1. The fourth-order valence-electron chi connectivity index (χ4n) is 2.99. The molecule has 1 aromatic carbocycles. The van der Waals surface area contributed by atoms with Gasteiger partial charge < -0.3 is 15.2 Å². The van der Waals surface area contributed by atoms with Crippen molar-refractivity contribution < 1.29 is 9.47 Å². The molecule has 0 aliphatic carbocycles. The van der Waals surface area contributed by atoms with E-state index >= 15 is 0 Å². The molecule has 5 nitrogen and oxygen atoms in total. The molecular formula is C20H25N3O2S. The first kappa shape index (κ1) is 18.5. The van der Waals surface area contributed by atoms with Crippen LogP contribution in [-0.2, 0) is 0 Å². The van der Waals surface area contributed by atoms with Gasteiger partial charge in [-0.2, -0.15) is 0 Å². The van der Waals surface area contributed by atoms with Gasteiger partial charge in [-0.05, 0) is 24.6 Å². The van der Waals surface area contributed by atoms with E-state index in [0.717, 1.165) is 33.1 Å². The van der Waals surface area contributed by atoms with E-state index in [1.165, 1.54) is 0 Å². The van der Waals surface area contributed by atoms with Gasteiger partial charge in [-0.15, -0.1) is 11.8 Å². The molecular weight excluding hydrogens is 346 g/mol. The molecule has 0 bridgehead atoms. The molecule has 0 radical (unpaired) electrons. The Bertz CT molecular complexity index is 935. The first-order valence-electron chi connectivity index (χ1n) is 8.42. The molecule has 2 heterocycles. The SMILES string of the molecule is COc1cc2ncc(-c3cc(C)c(OC)c(N)c3)n2cc1SC(C)(C)C. The fraction of sp³-hybridized carbons (Fsp3) is 0.350. The molecule has 0 saturated heterocycles. The number of anilines is 1. The van der Waals surface area contributed by atoms with Crippen LogP contribution in [0, 0.1) is 6.92 Å². The van der Waals surface area contributed by atoms with Gasteiger partial charge in [0.1, 0.15) is 17.1 Å². The molecule has 0 aliphatic rings. The molecule has 2 N–H and O–H groups in total. The third kappa shape index (κ3) is 3.46. The lowest BCUT2D eigenvalue weighted by Crippen LogP contribution is -2.07. The molecule has 0 fully saturated rings. The molecule has 0 amide bonds. The summed E-state index contributed by atoms with van der Waals surface area (Å²) < 4.78 is 13.1. The number of imidazole rings is 1. The van der Waals surface area contributed by atoms with E-state index < -0.39 is 0 Å². The lowest BCUT2D eigenvalue weighted by Gasteiger charge is -2.20. The van der Waals surface area contributed by atoms with Gasteiger partial charge in [-0.1, -0.05) is 20.8 Å². The number of nitrogen functional groups attached to an aromatic ring is 1. The second-order valence-electron chi connectivity index (χ2n) is 7.21. The first-order chi connectivity index (χ1) is 12.2. The molecule has 0 unspecified atom stereocenters. The van der Waals surface area contributed by atoms with E-state index in [4.69, 9.17) is 15.2 Å². The number of methoxy groups -OCH3 is 2. The molecule has 0 atom stereocenters. The van der Waals surface area contributed by atoms with Crippen LogP contribution in [0.3, 0.4) is 0 Å². The van der Waals surface area contributed by atoms with Crippen molar-refractivity contribution in [2.24, 2.45) is 0 Å². The average molecular weight is 372 g/mol. The highest BCUT2D eigenvalue weighted by Crippen LogP contribution is 2.39. The van der Waals surface area contributed by atoms with Crippen LogP contribution in [0.1, 0.15) is 26.3 Å². The maximum Gasteiger partial charge on any atom is 0.144 e. The monoisotopic (exact) mass is 371 g/mol. The number of aryl methyl sites for hydroxylation is 1. The maximum atomic E-state index is 6.16. The number of pyridine rings is 1. The van der Waals surface area contributed by atoms with E-state index in [2.05, 4.69) is 42.4 Å². The zero-order valence-electron chi connectivity index (χ0n) is 16.1. The lowest BCUT2D eigenvalue weighted by molar-refractivity contribution is 0.404. The summed E-state index contributed by atoms with van der Waals surface area (Å²) in [5.41, 5.74) is 10.6. The molecule has 6 heteroatoms. The van der Waals surface area contributed by atoms with Crippen LogP contribution in [0.4, 0.5) is 5.69 Å². The van der Waals surface area contributed by atoms with Gasteiger partial charge in [0.15, 0.2) is 0 Å². The number of benzene rings is 1. The largest absolute Gasteiger partial charge is 0.495 e. The Kier molecular flexibility index (Phi) is 4.80. The van der Waals surface area contributed by atoms with Gasteiger partial charge in [0.05, 0.1) is 36.7 Å². The number of aromatic nitrogens is 2. The van der Waals surface area contributed by atoms with Gasteiger partial charge >= 0.3 is 0 Å². The van der Waals surface area contributed by atoms with Crippen LogP contribution in [0.25, 0.3) is 16.9 Å². The third-order valence-electron chi connectivity index (χ3n) is 4.01. The number of ether oxygens (including phenoxy) is 2. The smallest absolute Gasteiger partial charge is 0.144 e. The summed E-state index contributed by atoms with van der Waals surface area (Å²) in [6.45, 7) is 8.54. The van der Waals surface area contributed by atoms with Crippen LogP contribution >= 0.6 is 11.8 Å². The number of nitrogens with zero attached hydrogens (tertiary/aromatic N) is 2. The first-order valence-corrected chi connectivity index (χ1v) is 9.23. The summed E-state index contributed by atoms with van der Waals surface area (Å²) in [5.74, 6) is 1.55. The third-order valence-corrected chi connectivity index (χ3v) is 5.15. The van der Waals surface area contributed by atoms with E-state index in [1.54, 1.807) is 26.0 Å². The van der Waals surface area contributed by atoms with E-state index in [1.807, 2.05) is 25.3 Å². The van der Waals surface area contributed by atoms with Gasteiger partial charge in [-0.25, -0.2) is 4.98 Å². The highest BCUT2D eigenvalue weighted by Gasteiger charge is 2.18. The summed E-state index contributed by atoms with van der Waals surface area (Å²) in [4.78, 5) is 5.62. The van der Waals surface area contributed by atoms with Crippen molar-refractivity contribution in [1.29, 1.82) is 0 Å². The normalized spacial score (nSPS) is 11.8. The summed E-state index contributed by atoms with van der Waals surface area (Å²) in [7, 11) is 3.32. The Balaban J connectivity index is 2.18. The summed E-state index contributed by atoms with van der Waals surface area (Å²) in [5, 5.41) is 0. The highest BCUT2D eigenvalue weighted by atomic mass is 32.2. The van der Waals surface area contributed by atoms with Crippen LogP contribution in [0.15, 0.2) is 35.5 Å². The Morgan fingerprint density at radius 1 is 1.12 bits per heavy atom. The van der Waals surface area contributed by atoms with Crippen molar-refractivity contribution in [1.82, 2.24) is 9.38 Å². The average Bonchev–Trinajstić information content (AvgIpc) is 2.95. The molecule has 138 valence electrons. The van der Waals surface area contributed by atoms with Gasteiger partial charge in [0.25, 0.3) is 0 Å². The molecule has 26 heavy (non-hydrogen) atoms. The number of nitrogens with two attached hydrogens (primary N) is 1. The molecule has 0 saturated carbocycles. The molecule has 2 aromatic heterocycles. The lowest BCUT2D eigenvalue weighted by atomic mass is 10.1. The summed E-state index contributed by atoms with van der Waals surface area (Å²) in [6.07, 6.45) is 3.95. The number of rotatable bonds is 4. The highest BCUT2D eigenvalue weighted by molar-refractivity contribution is 8.00. The number of thioether (sulfide) groups is 1. The van der Waals surface area contributed by atoms with Crippen LogP contribution in [-0.4, -0.2) is 28.4 Å². The van der Waals surface area contributed by atoms with Crippen molar-refractivity contribution >= 4 is 23.1 Å². The second kappa shape index (κ2) is 6.76. The Morgan fingerprint density at radius 3 is 2.42 bits per heavy atom.